The molecule has 1 heterocycles. The van der Waals surface area contributed by atoms with E-state index in [9.17, 15) is 20.1 Å². The first-order valence-electron chi connectivity index (χ1n) is 7.40. The van der Waals surface area contributed by atoms with Crippen LogP contribution < -0.4 is 0 Å². The van der Waals surface area contributed by atoms with Crippen molar-refractivity contribution in [3.63, 3.8) is 0 Å². The molecule has 4 atom stereocenters. The van der Waals surface area contributed by atoms with E-state index >= 15 is 0 Å². The predicted octanol–water partition coefficient (Wildman–Crippen LogP) is 1.09. The Morgan fingerprint density at radius 1 is 1.20 bits per heavy atom. The number of carbonyl (C=O) groups is 1. The molecule has 6 heteroatoms. The summed E-state index contributed by atoms with van der Waals surface area (Å²) in [6, 6.07) is 0. The molecule has 0 unspecified atom stereocenters. The van der Waals surface area contributed by atoms with Gasteiger partial charge in [-0.15, -0.1) is 0 Å². The Bertz CT molecular complexity index is 287. The summed E-state index contributed by atoms with van der Waals surface area (Å²) in [5, 5.41) is 28.7. The largest absolute Gasteiger partial charge is 0.455 e. The van der Waals surface area contributed by atoms with Gasteiger partial charge in [0.25, 0.3) is 0 Å². The van der Waals surface area contributed by atoms with Crippen molar-refractivity contribution in [2.45, 2.75) is 69.9 Å². The fourth-order valence-electron chi connectivity index (χ4n) is 2.18. The maximum absolute atomic E-state index is 11.1. The van der Waals surface area contributed by atoms with Crippen LogP contribution in [0.15, 0.2) is 0 Å². The van der Waals surface area contributed by atoms with Gasteiger partial charge in [-0.2, -0.15) is 11.8 Å². The standard InChI is InChI=1S/C14H26O5S/c1-2-3-4-5-6-7-8-20-9-10(15)13-11(16)12(17)14(18)19-13/h10-13,15-17H,2-9H2,1H3/t10-,11-,12+,13-/m1/s1. The van der Waals surface area contributed by atoms with E-state index < -0.39 is 30.4 Å². The molecule has 0 aromatic heterocycles. The highest BCUT2D eigenvalue weighted by Gasteiger charge is 2.45. The van der Waals surface area contributed by atoms with Crippen LogP contribution in [0.2, 0.25) is 0 Å². The van der Waals surface area contributed by atoms with Crippen LogP contribution in [0.3, 0.4) is 0 Å². The van der Waals surface area contributed by atoms with Crippen LogP contribution in [0.5, 0.6) is 0 Å². The van der Waals surface area contributed by atoms with E-state index in [-0.39, 0.29) is 0 Å². The first-order chi connectivity index (χ1) is 9.57. The molecule has 0 amide bonds. The maximum Gasteiger partial charge on any atom is 0.338 e. The van der Waals surface area contributed by atoms with E-state index in [1.54, 1.807) is 11.8 Å². The molecule has 3 N–H and O–H groups in total. The summed E-state index contributed by atoms with van der Waals surface area (Å²) in [7, 11) is 0. The second kappa shape index (κ2) is 9.60. The third-order valence-corrected chi connectivity index (χ3v) is 4.62. The maximum atomic E-state index is 11.1. The molecule has 0 bridgehead atoms. The number of aliphatic hydroxyl groups excluding tert-OH is 3. The summed E-state index contributed by atoms with van der Waals surface area (Å²) in [6.07, 6.45) is 2.58. The lowest BCUT2D eigenvalue weighted by Crippen LogP contribution is -2.39. The van der Waals surface area contributed by atoms with Crippen molar-refractivity contribution < 1.29 is 24.9 Å². The van der Waals surface area contributed by atoms with Gasteiger partial charge < -0.3 is 20.1 Å². The Kier molecular flexibility index (Phi) is 8.52. The number of hydrogen-bond acceptors (Lipinski definition) is 6. The van der Waals surface area contributed by atoms with Crippen LogP contribution in [0.4, 0.5) is 0 Å². The fourth-order valence-corrected chi connectivity index (χ4v) is 3.19. The molecular formula is C14H26O5S. The van der Waals surface area contributed by atoms with Gasteiger partial charge in [0.05, 0.1) is 0 Å². The number of aliphatic hydroxyl groups is 3. The third kappa shape index (κ3) is 5.60. The van der Waals surface area contributed by atoms with Crippen LogP contribution >= 0.6 is 11.8 Å². The van der Waals surface area contributed by atoms with Crippen molar-refractivity contribution in [1.29, 1.82) is 0 Å². The number of hydrogen-bond donors (Lipinski definition) is 3. The van der Waals surface area contributed by atoms with Crippen LogP contribution in [0.1, 0.15) is 45.4 Å². The highest BCUT2D eigenvalue weighted by molar-refractivity contribution is 7.99. The minimum atomic E-state index is -1.53. The summed E-state index contributed by atoms with van der Waals surface area (Å²) in [5.74, 6) is 0.488. The fraction of sp³-hybridized carbons (Fsp3) is 0.929. The van der Waals surface area contributed by atoms with Gasteiger partial charge in [0.2, 0.25) is 0 Å². The number of esters is 1. The first kappa shape index (κ1) is 17.8. The van der Waals surface area contributed by atoms with Gasteiger partial charge in [-0.25, -0.2) is 4.79 Å². The minimum Gasteiger partial charge on any atom is -0.455 e. The van der Waals surface area contributed by atoms with Crippen molar-refractivity contribution in [2.24, 2.45) is 0 Å². The average Bonchev–Trinajstić information content (AvgIpc) is 2.69. The molecule has 0 aromatic carbocycles. The zero-order chi connectivity index (χ0) is 15.0. The van der Waals surface area contributed by atoms with Gasteiger partial charge >= 0.3 is 5.97 Å². The quantitative estimate of drug-likeness (QED) is 0.414. The highest BCUT2D eigenvalue weighted by atomic mass is 32.2. The number of ether oxygens (including phenoxy) is 1. The molecule has 1 fully saturated rings. The average molecular weight is 306 g/mol. The lowest BCUT2D eigenvalue weighted by molar-refractivity contribution is -0.150. The van der Waals surface area contributed by atoms with E-state index in [0.717, 1.165) is 12.2 Å². The van der Waals surface area contributed by atoms with Gasteiger partial charge in [-0.05, 0) is 12.2 Å². The summed E-state index contributed by atoms with van der Waals surface area (Å²) >= 11 is 1.58. The van der Waals surface area contributed by atoms with E-state index in [0.29, 0.717) is 5.75 Å². The molecule has 1 aliphatic rings. The zero-order valence-electron chi connectivity index (χ0n) is 12.0. The zero-order valence-corrected chi connectivity index (χ0v) is 12.8. The molecule has 0 spiro atoms. The Hall–Kier alpha value is -0.300. The number of thioether (sulfide) groups is 1. The molecule has 118 valence electrons. The minimum absolute atomic E-state index is 0.399. The lowest BCUT2D eigenvalue weighted by atomic mass is 10.1. The van der Waals surface area contributed by atoms with Crippen molar-refractivity contribution in [1.82, 2.24) is 0 Å². The van der Waals surface area contributed by atoms with Crippen molar-refractivity contribution in [2.75, 3.05) is 11.5 Å². The van der Waals surface area contributed by atoms with E-state index in [1.807, 2.05) is 0 Å². The van der Waals surface area contributed by atoms with Crippen LogP contribution in [-0.4, -0.2) is 57.2 Å². The van der Waals surface area contributed by atoms with Gasteiger partial charge in [0, 0.05) is 5.75 Å². The second-order valence-corrected chi connectivity index (χ2v) is 6.40. The molecule has 1 saturated heterocycles. The molecule has 0 radical (unpaired) electrons. The summed E-state index contributed by atoms with van der Waals surface area (Å²) < 4.78 is 4.77. The highest BCUT2D eigenvalue weighted by Crippen LogP contribution is 2.21. The molecule has 1 rings (SSSR count). The molecule has 1 aliphatic heterocycles. The van der Waals surface area contributed by atoms with Crippen molar-refractivity contribution in [3.05, 3.63) is 0 Å². The Labute approximate surface area is 124 Å². The van der Waals surface area contributed by atoms with Crippen LogP contribution in [0, 0.1) is 0 Å². The van der Waals surface area contributed by atoms with E-state index in [1.165, 1.54) is 32.1 Å². The SMILES string of the molecule is CCCCCCCCSC[C@@H](O)[C@H]1OC(=O)[C@@H](O)[C@H]1O. The monoisotopic (exact) mass is 306 g/mol. The van der Waals surface area contributed by atoms with Gasteiger partial charge in [0.1, 0.15) is 12.2 Å². The summed E-state index contributed by atoms with van der Waals surface area (Å²) in [4.78, 5) is 11.1. The Balaban J connectivity index is 2.06. The molecule has 0 saturated carbocycles. The summed E-state index contributed by atoms with van der Waals surface area (Å²) in [5.41, 5.74) is 0. The first-order valence-corrected chi connectivity index (χ1v) is 8.55. The number of rotatable bonds is 10. The normalized spacial score (nSPS) is 27.6. The topological polar surface area (TPSA) is 87.0 Å². The Morgan fingerprint density at radius 2 is 1.85 bits per heavy atom. The summed E-state index contributed by atoms with van der Waals surface area (Å²) in [6.45, 7) is 2.19. The second-order valence-electron chi connectivity index (χ2n) is 5.25. The van der Waals surface area contributed by atoms with Crippen LogP contribution in [-0.2, 0) is 9.53 Å². The van der Waals surface area contributed by atoms with Gasteiger partial charge in [-0.3, -0.25) is 0 Å². The molecule has 0 aliphatic carbocycles. The molecule has 5 nitrogen and oxygen atoms in total. The molecule has 0 aromatic rings. The van der Waals surface area contributed by atoms with Crippen LogP contribution in [0.25, 0.3) is 0 Å². The number of cyclic esters (lactones) is 1. The van der Waals surface area contributed by atoms with Crippen molar-refractivity contribution in [3.8, 4) is 0 Å². The predicted molar refractivity (Wildman–Crippen MR) is 78.6 cm³/mol. The third-order valence-electron chi connectivity index (χ3n) is 3.46. The van der Waals surface area contributed by atoms with E-state index in [2.05, 4.69) is 6.92 Å². The number of carbonyl (C=O) groups excluding carboxylic acids is 1. The van der Waals surface area contributed by atoms with Gasteiger partial charge in [0.15, 0.2) is 12.2 Å². The molecular weight excluding hydrogens is 280 g/mol. The Morgan fingerprint density at radius 3 is 2.45 bits per heavy atom. The number of unbranched alkanes of at least 4 members (excludes halogenated alkanes) is 5. The molecule has 20 heavy (non-hydrogen) atoms. The van der Waals surface area contributed by atoms with Crippen molar-refractivity contribution >= 4 is 17.7 Å². The lowest BCUT2D eigenvalue weighted by Gasteiger charge is -2.19. The smallest absolute Gasteiger partial charge is 0.338 e. The van der Waals surface area contributed by atoms with Gasteiger partial charge in [-0.1, -0.05) is 39.0 Å². The van der Waals surface area contributed by atoms with E-state index in [4.69, 9.17) is 4.74 Å².